The van der Waals surface area contributed by atoms with E-state index in [1.165, 1.54) is 12.0 Å². The third kappa shape index (κ3) is 2.99. The Kier molecular flexibility index (Phi) is 4.62. The van der Waals surface area contributed by atoms with Crippen molar-refractivity contribution in [3.05, 3.63) is 35.9 Å². The highest BCUT2D eigenvalue weighted by atomic mass is 16.2. The van der Waals surface area contributed by atoms with Crippen LogP contribution in [0.25, 0.3) is 0 Å². The maximum absolute atomic E-state index is 12.8. The molecule has 1 aromatic rings. The molecule has 0 bridgehead atoms. The van der Waals surface area contributed by atoms with E-state index < -0.39 is 0 Å². The molecule has 0 heterocycles. The molecule has 0 aliphatic heterocycles. The van der Waals surface area contributed by atoms with Gasteiger partial charge in [0.2, 0.25) is 5.91 Å². The number of carbonyl (C=O) groups is 1. The highest BCUT2D eigenvalue weighted by Crippen LogP contribution is 2.39. The van der Waals surface area contributed by atoms with Gasteiger partial charge >= 0.3 is 0 Å². The quantitative estimate of drug-likeness (QED) is 0.875. The van der Waals surface area contributed by atoms with Gasteiger partial charge in [0, 0.05) is 6.04 Å². The van der Waals surface area contributed by atoms with E-state index in [2.05, 4.69) is 31.3 Å². The Balaban J connectivity index is 2.27. The van der Waals surface area contributed by atoms with Gasteiger partial charge in [-0.15, -0.1) is 0 Å². The number of hydrogen-bond acceptors (Lipinski definition) is 1. The zero-order valence-corrected chi connectivity index (χ0v) is 12.1. The van der Waals surface area contributed by atoms with E-state index in [0.717, 1.165) is 32.1 Å². The summed E-state index contributed by atoms with van der Waals surface area (Å²) in [6, 6.07) is 10.6. The van der Waals surface area contributed by atoms with Crippen LogP contribution in [0.1, 0.15) is 57.9 Å². The first-order valence-electron chi connectivity index (χ1n) is 7.55. The topological polar surface area (TPSA) is 29.1 Å². The van der Waals surface area contributed by atoms with Crippen LogP contribution in [0.2, 0.25) is 0 Å². The van der Waals surface area contributed by atoms with Gasteiger partial charge in [0.1, 0.15) is 0 Å². The van der Waals surface area contributed by atoms with Crippen LogP contribution in [-0.4, -0.2) is 11.9 Å². The summed E-state index contributed by atoms with van der Waals surface area (Å²) >= 11 is 0. The van der Waals surface area contributed by atoms with Crippen LogP contribution < -0.4 is 5.32 Å². The molecule has 0 saturated heterocycles. The second kappa shape index (κ2) is 6.23. The Morgan fingerprint density at radius 3 is 2.42 bits per heavy atom. The molecule has 0 spiro atoms. The maximum Gasteiger partial charge on any atom is 0.230 e. The summed E-state index contributed by atoms with van der Waals surface area (Å²) in [5.41, 5.74) is 0.902. The normalized spacial score (nSPS) is 19.7. The van der Waals surface area contributed by atoms with Gasteiger partial charge in [-0.2, -0.15) is 0 Å². The molecule has 2 nitrogen and oxygen atoms in total. The molecule has 1 fully saturated rings. The molecule has 2 rings (SSSR count). The molecule has 0 radical (unpaired) electrons. The van der Waals surface area contributed by atoms with Crippen LogP contribution in [0.4, 0.5) is 0 Å². The van der Waals surface area contributed by atoms with Gasteiger partial charge in [0.25, 0.3) is 0 Å². The Bertz CT molecular complexity index is 407. The largest absolute Gasteiger partial charge is 0.353 e. The van der Waals surface area contributed by atoms with Crippen molar-refractivity contribution in [2.75, 3.05) is 0 Å². The molecular weight excluding hydrogens is 234 g/mol. The maximum atomic E-state index is 12.8. The van der Waals surface area contributed by atoms with Crippen molar-refractivity contribution in [3.63, 3.8) is 0 Å². The first kappa shape index (κ1) is 14.1. The summed E-state index contributed by atoms with van der Waals surface area (Å²) in [4.78, 5) is 12.8. The van der Waals surface area contributed by atoms with E-state index in [-0.39, 0.29) is 17.4 Å². The van der Waals surface area contributed by atoms with Gasteiger partial charge in [-0.25, -0.2) is 0 Å². The molecule has 1 saturated carbocycles. The van der Waals surface area contributed by atoms with E-state index in [1.807, 2.05) is 18.2 Å². The van der Waals surface area contributed by atoms with Crippen LogP contribution in [0, 0.1) is 0 Å². The van der Waals surface area contributed by atoms with Crippen molar-refractivity contribution in [3.8, 4) is 0 Å². The average molecular weight is 259 g/mol. The zero-order valence-electron chi connectivity index (χ0n) is 12.1. The van der Waals surface area contributed by atoms with E-state index in [4.69, 9.17) is 0 Å². The zero-order chi connectivity index (χ0) is 13.7. The Hall–Kier alpha value is -1.31. The summed E-state index contributed by atoms with van der Waals surface area (Å²) in [6.07, 6.45) is 6.52. The highest BCUT2D eigenvalue weighted by Gasteiger charge is 2.41. The van der Waals surface area contributed by atoms with Crippen molar-refractivity contribution < 1.29 is 4.79 Å². The Labute approximate surface area is 116 Å². The Morgan fingerprint density at radius 1 is 1.21 bits per heavy atom. The lowest BCUT2D eigenvalue weighted by Crippen LogP contribution is -2.48. The molecule has 104 valence electrons. The summed E-state index contributed by atoms with van der Waals surface area (Å²) in [6.45, 7) is 4.19. The smallest absolute Gasteiger partial charge is 0.230 e. The molecule has 1 atom stereocenters. The summed E-state index contributed by atoms with van der Waals surface area (Å²) in [7, 11) is 0. The van der Waals surface area contributed by atoms with Crippen LogP contribution in [0.5, 0.6) is 0 Å². The second-order valence-electron chi connectivity index (χ2n) is 5.79. The lowest BCUT2D eigenvalue weighted by molar-refractivity contribution is -0.128. The molecule has 19 heavy (non-hydrogen) atoms. The molecule has 1 aromatic carbocycles. The summed E-state index contributed by atoms with van der Waals surface area (Å²) < 4.78 is 0. The van der Waals surface area contributed by atoms with Crippen LogP contribution in [0.15, 0.2) is 30.3 Å². The molecule has 1 aliphatic carbocycles. The number of amides is 1. The first-order valence-corrected chi connectivity index (χ1v) is 7.55. The minimum Gasteiger partial charge on any atom is -0.353 e. The molecule has 2 heteroatoms. The lowest BCUT2D eigenvalue weighted by Gasteiger charge is -2.37. The van der Waals surface area contributed by atoms with Crippen molar-refractivity contribution in [2.24, 2.45) is 0 Å². The monoisotopic (exact) mass is 259 g/mol. The lowest BCUT2D eigenvalue weighted by atomic mass is 9.68. The fourth-order valence-electron chi connectivity index (χ4n) is 3.02. The average Bonchev–Trinajstić information content (AvgIpc) is 2.48. The highest BCUT2D eigenvalue weighted by molar-refractivity contribution is 5.88. The number of hydrogen-bond donors (Lipinski definition) is 1. The van der Waals surface area contributed by atoms with E-state index in [0.29, 0.717) is 0 Å². The van der Waals surface area contributed by atoms with E-state index >= 15 is 0 Å². The number of rotatable bonds is 4. The van der Waals surface area contributed by atoms with Gasteiger partial charge in [-0.3, -0.25) is 4.79 Å². The minimum atomic E-state index is -0.289. The third-order valence-electron chi connectivity index (χ3n) is 4.46. The standard InChI is InChI=1S/C17H25NO/c1-3-14(2)18-16(19)17(12-8-5-9-13-17)15-10-6-4-7-11-15/h4,6-7,10-11,14H,3,5,8-9,12-13H2,1-2H3,(H,18,19). The third-order valence-corrected chi connectivity index (χ3v) is 4.46. The van der Waals surface area contributed by atoms with Gasteiger partial charge in [0.05, 0.1) is 5.41 Å². The van der Waals surface area contributed by atoms with Crippen molar-refractivity contribution in [1.82, 2.24) is 5.32 Å². The molecule has 1 aliphatic rings. The van der Waals surface area contributed by atoms with Crippen LogP contribution in [0.3, 0.4) is 0 Å². The first-order chi connectivity index (χ1) is 9.19. The predicted molar refractivity (Wildman–Crippen MR) is 79.1 cm³/mol. The molecule has 1 amide bonds. The SMILES string of the molecule is CCC(C)NC(=O)C1(c2ccccc2)CCCCC1. The van der Waals surface area contributed by atoms with Gasteiger partial charge in [0.15, 0.2) is 0 Å². The number of carbonyl (C=O) groups excluding carboxylic acids is 1. The van der Waals surface area contributed by atoms with Gasteiger partial charge in [-0.05, 0) is 31.7 Å². The molecule has 1 N–H and O–H groups in total. The van der Waals surface area contributed by atoms with Gasteiger partial charge < -0.3 is 5.32 Å². The summed E-state index contributed by atoms with van der Waals surface area (Å²) in [5.74, 6) is 0.229. The van der Waals surface area contributed by atoms with Crippen LogP contribution >= 0.6 is 0 Å². The number of nitrogens with one attached hydrogen (secondary N) is 1. The van der Waals surface area contributed by atoms with E-state index in [9.17, 15) is 4.79 Å². The molecular formula is C17H25NO. The van der Waals surface area contributed by atoms with Crippen molar-refractivity contribution in [2.45, 2.75) is 63.8 Å². The van der Waals surface area contributed by atoms with Crippen LogP contribution in [-0.2, 0) is 10.2 Å². The fourth-order valence-corrected chi connectivity index (χ4v) is 3.02. The fraction of sp³-hybridized carbons (Fsp3) is 0.588. The minimum absolute atomic E-state index is 0.229. The van der Waals surface area contributed by atoms with Gasteiger partial charge in [-0.1, -0.05) is 56.5 Å². The Morgan fingerprint density at radius 2 is 1.84 bits per heavy atom. The second-order valence-corrected chi connectivity index (χ2v) is 5.79. The van der Waals surface area contributed by atoms with E-state index in [1.54, 1.807) is 0 Å². The number of benzene rings is 1. The van der Waals surface area contributed by atoms with Crippen molar-refractivity contribution in [1.29, 1.82) is 0 Å². The summed E-state index contributed by atoms with van der Waals surface area (Å²) in [5, 5.41) is 3.20. The van der Waals surface area contributed by atoms with Crippen molar-refractivity contribution >= 4 is 5.91 Å². The molecule has 1 unspecified atom stereocenters. The predicted octanol–water partition coefficient (Wildman–Crippen LogP) is 3.80. The molecule has 0 aromatic heterocycles.